The number of carbonyl (C=O) groups is 5. The molecular formula is C28H24N2O10. The number of nitrogens with one attached hydrogen (secondary N) is 1. The number of benzene rings is 2. The molecule has 0 spiro atoms. The Morgan fingerprint density at radius 3 is 2.33 bits per heavy atom. The highest BCUT2D eigenvalue weighted by Gasteiger charge is 2.59. The highest BCUT2D eigenvalue weighted by atomic mass is 16.5. The summed E-state index contributed by atoms with van der Waals surface area (Å²) in [5.74, 6) is -8.96. The number of nitrogens with two attached hydrogens (primary N) is 1. The van der Waals surface area contributed by atoms with Gasteiger partial charge in [-0.2, -0.15) is 0 Å². The van der Waals surface area contributed by atoms with Crippen LogP contribution >= 0.6 is 0 Å². The Bertz CT molecular complexity index is 1590. The first-order valence-corrected chi connectivity index (χ1v) is 12.2. The molecule has 5 rings (SSSR count). The Morgan fingerprint density at radius 2 is 1.70 bits per heavy atom. The Labute approximate surface area is 226 Å². The predicted octanol–water partition coefficient (Wildman–Crippen LogP) is 1.36. The lowest BCUT2D eigenvalue weighted by Gasteiger charge is -2.45. The van der Waals surface area contributed by atoms with Crippen molar-refractivity contribution in [2.75, 3.05) is 12.4 Å². The summed E-state index contributed by atoms with van der Waals surface area (Å²) in [5.41, 5.74) is 3.35. The molecule has 0 radical (unpaired) electrons. The molecule has 0 bridgehead atoms. The number of amides is 2. The molecule has 0 aliphatic heterocycles. The Balaban J connectivity index is 1.56. The molecule has 1 unspecified atom stereocenters. The normalized spacial score (nSPS) is 23.6. The standard InChI is InChI=1S/C28H24N2O10/c1-40-27(38)26(37)30-14-4-2-11(3-5-14)15-6-7-17(31)20-16(15)9-12-8-13-10-18(32)21(25(29)36)24(35)28(13,39)23(34)19(12)22(20)33/h2-7,12-13,31-32,34,39H,8-10H2,1H3,(H2,29,36)(H,30,37)/t12-,13+,28?/m1/s1. The zero-order valence-corrected chi connectivity index (χ0v) is 21.1. The number of methoxy groups -OCH3 is 1. The van der Waals surface area contributed by atoms with E-state index >= 15 is 0 Å². The number of rotatable bonds is 3. The highest BCUT2D eigenvalue weighted by molar-refractivity contribution is 6.37. The third-order valence-corrected chi connectivity index (χ3v) is 7.77. The Kier molecular flexibility index (Phi) is 6.22. The van der Waals surface area contributed by atoms with E-state index in [0.717, 1.165) is 7.11 Å². The van der Waals surface area contributed by atoms with Gasteiger partial charge in [-0.15, -0.1) is 0 Å². The van der Waals surface area contributed by atoms with Crippen LogP contribution in [0.15, 0.2) is 59.1 Å². The van der Waals surface area contributed by atoms with E-state index < -0.39 is 63.9 Å². The van der Waals surface area contributed by atoms with Gasteiger partial charge in [0.05, 0.1) is 12.7 Å². The summed E-state index contributed by atoms with van der Waals surface area (Å²) in [7, 11) is 1.08. The number of allylic oxidation sites excluding steroid dienone is 2. The van der Waals surface area contributed by atoms with Crippen LogP contribution in [0.2, 0.25) is 0 Å². The number of carbonyl (C=O) groups excluding carboxylic acids is 5. The summed E-state index contributed by atoms with van der Waals surface area (Å²) in [4.78, 5) is 61.7. The molecule has 3 aliphatic rings. The van der Waals surface area contributed by atoms with Crippen molar-refractivity contribution in [1.29, 1.82) is 0 Å². The van der Waals surface area contributed by atoms with E-state index in [1.54, 1.807) is 18.2 Å². The van der Waals surface area contributed by atoms with Crippen LogP contribution in [0.3, 0.4) is 0 Å². The molecule has 3 aliphatic carbocycles. The molecule has 0 heterocycles. The third kappa shape index (κ3) is 3.83. The molecule has 12 nitrogen and oxygen atoms in total. The maximum absolute atomic E-state index is 13.7. The largest absolute Gasteiger partial charge is 0.511 e. The summed E-state index contributed by atoms with van der Waals surface area (Å²) in [5, 5.41) is 45.8. The lowest BCUT2D eigenvalue weighted by Crippen LogP contribution is -2.57. The maximum atomic E-state index is 13.7. The van der Waals surface area contributed by atoms with Crippen molar-refractivity contribution in [2.24, 2.45) is 17.6 Å². The number of hydrogen-bond donors (Lipinski definition) is 6. The van der Waals surface area contributed by atoms with E-state index in [1.807, 2.05) is 0 Å². The number of Topliss-reactive ketones (excluding diaryl/α,β-unsaturated/α-hetero) is 2. The second-order valence-corrected chi connectivity index (χ2v) is 9.92. The number of anilines is 1. The molecule has 2 aromatic carbocycles. The van der Waals surface area contributed by atoms with E-state index in [-0.39, 0.29) is 36.1 Å². The quantitative estimate of drug-likeness (QED) is 0.184. The summed E-state index contributed by atoms with van der Waals surface area (Å²) in [6.45, 7) is 0. The summed E-state index contributed by atoms with van der Waals surface area (Å²) in [6, 6.07) is 9.26. The molecule has 7 N–H and O–H groups in total. The van der Waals surface area contributed by atoms with E-state index in [4.69, 9.17) is 5.73 Å². The maximum Gasteiger partial charge on any atom is 0.396 e. The van der Waals surface area contributed by atoms with Gasteiger partial charge >= 0.3 is 11.9 Å². The Hall–Kier alpha value is -4.97. The number of aliphatic hydroxyl groups excluding tert-OH is 2. The van der Waals surface area contributed by atoms with Crippen molar-refractivity contribution in [1.82, 2.24) is 0 Å². The van der Waals surface area contributed by atoms with Crippen molar-refractivity contribution in [3.63, 3.8) is 0 Å². The minimum Gasteiger partial charge on any atom is -0.511 e. The van der Waals surface area contributed by atoms with E-state index in [9.17, 15) is 44.4 Å². The van der Waals surface area contributed by atoms with E-state index in [2.05, 4.69) is 10.1 Å². The monoisotopic (exact) mass is 548 g/mol. The lowest BCUT2D eigenvalue weighted by atomic mass is 9.60. The van der Waals surface area contributed by atoms with Gasteiger partial charge in [-0.3, -0.25) is 19.2 Å². The smallest absolute Gasteiger partial charge is 0.396 e. The predicted molar refractivity (Wildman–Crippen MR) is 137 cm³/mol. The van der Waals surface area contributed by atoms with Crippen LogP contribution in [0.25, 0.3) is 11.1 Å². The summed E-state index contributed by atoms with van der Waals surface area (Å²) >= 11 is 0. The molecule has 0 saturated carbocycles. The number of fused-ring (bicyclic) bond motifs is 3. The SMILES string of the molecule is COC(=O)C(=O)Nc1ccc(-c2ccc(O)c3c2C[C@H]2C[C@H]4CC(O)=C(C(N)=O)C(=O)C4(O)C(O)=C2C3=O)cc1. The zero-order chi connectivity index (χ0) is 29.1. The molecular weight excluding hydrogens is 524 g/mol. The van der Waals surface area contributed by atoms with Crippen LogP contribution in [0.1, 0.15) is 28.8 Å². The van der Waals surface area contributed by atoms with Gasteiger partial charge in [-0.1, -0.05) is 18.2 Å². The van der Waals surface area contributed by atoms with Gasteiger partial charge in [0.25, 0.3) is 5.91 Å². The molecule has 2 amide bonds. The van der Waals surface area contributed by atoms with Crippen LogP contribution in [0.4, 0.5) is 5.69 Å². The number of phenolic OH excluding ortho intramolecular Hbond substituents is 1. The third-order valence-electron chi connectivity index (χ3n) is 7.77. The lowest BCUT2D eigenvalue weighted by molar-refractivity contribution is -0.150. The molecule has 0 saturated heterocycles. The van der Waals surface area contributed by atoms with Gasteiger partial charge in [-0.05, 0) is 53.6 Å². The molecule has 206 valence electrons. The number of aromatic hydroxyl groups is 1. The summed E-state index contributed by atoms with van der Waals surface area (Å²) < 4.78 is 4.38. The van der Waals surface area contributed by atoms with Gasteiger partial charge in [0.15, 0.2) is 11.4 Å². The van der Waals surface area contributed by atoms with Crippen LogP contribution in [0.5, 0.6) is 5.75 Å². The molecule has 3 atom stereocenters. The van der Waals surface area contributed by atoms with Gasteiger partial charge in [0.2, 0.25) is 5.78 Å². The van der Waals surface area contributed by atoms with Crippen molar-refractivity contribution < 1.29 is 49.1 Å². The zero-order valence-electron chi connectivity index (χ0n) is 21.1. The van der Waals surface area contributed by atoms with Crippen molar-refractivity contribution >= 4 is 35.0 Å². The van der Waals surface area contributed by atoms with Crippen LogP contribution < -0.4 is 11.1 Å². The average Bonchev–Trinajstić information content (AvgIpc) is 2.90. The second kappa shape index (κ2) is 9.35. The number of ketones is 2. The minimum atomic E-state index is -2.63. The molecule has 2 aromatic rings. The van der Waals surface area contributed by atoms with Crippen molar-refractivity contribution in [2.45, 2.75) is 24.9 Å². The number of hydrogen-bond acceptors (Lipinski definition) is 10. The number of phenols is 1. The first kappa shape index (κ1) is 26.6. The fraction of sp³-hybridized carbons (Fsp3) is 0.250. The van der Waals surface area contributed by atoms with Gasteiger partial charge in [0.1, 0.15) is 22.8 Å². The van der Waals surface area contributed by atoms with E-state index in [1.165, 1.54) is 18.2 Å². The van der Waals surface area contributed by atoms with Gasteiger partial charge in [-0.25, -0.2) is 4.79 Å². The van der Waals surface area contributed by atoms with Gasteiger partial charge < -0.3 is 36.2 Å². The van der Waals surface area contributed by atoms with Crippen LogP contribution in [-0.4, -0.2) is 62.5 Å². The topological polar surface area (TPSA) is 214 Å². The number of esters is 1. The number of aliphatic hydroxyl groups is 3. The molecule has 0 fully saturated rings. The van der Waals surface area contributed by atoms with E-state index in [0.29, 0.717) is 22.4 Å². The number of ether oxygens (including phenoxy) is 1. The Morgan fingerprint density at radius 1 is 1.02 bits per heavy atom. The summed E-state index contributed by atoms with van der Waals surface area (Å²) in [6.07, 6.45) is -0.170. The highest BCUT2D eigenvalue weighted by Crippen LogP contribution is 2.52. The minimum absolute atomic E-state index is 0.0104. The van der Waals surface area contributed by atoms with Gasteiger partial charge in [0, 0.05) is 23.6 Å². The fourth-order valence-electron chi connectivity index (χ4n) is 5.90. The molecule has 0 aromatic heterocycles. The van der Waals surface area contributed by atoms with Crippen LogP contribution in [-0.2, 0) is 30.3 Å². The fourth-order valence-corrected chi connectivity index (χ4v) is 5.90. The first-order chi connectivity index (χ1) is 18.9. The van der Waals surface area contributed by atoms with Crippen molar-refractivity contribution in [3.05, 3.63) is 70.2 Å². The second-order valence-electron chi connectivity index (χ2n) is 9.92. The first-order valence-electron chi connectivity index (χ1n) is 12.2. The van der Waals surface area contributed by atoms with Crippen LogP contribution in [0, 0.1) is 11.8 Å². The number of primary amides is 1. The molecule has 40 heavy (non-hydrogen) atoms. The average molecular weight is 549 g/mol. The van der Waals surface area contributed by atoms with Crippen molar-refractivity contribution in [3.8, 4) is 16.9 Å². The molecule has 12 heteroatoms.